The van der Waals surface area contributed by atoms with Crippen molar-refractivity contribution in [3.63, 3.8) is 0 Å². The predicted octanol–water partition coefficient (Wildman–Crippen LogP) is 2.08. The average molecular weight is 285 g/mol. The molecule has 0 aliphatic rings. The minimum absolute atomic E-state index is 0.0493. The first-order valence-electron chi connectivity index (χ1n) is 6.60. The van der Waals surface area contributed by atoms with E-state index in [9.17, 15) is 8.42 Å². The molecule has 1 atom stereocenters. The number of nitrogens with one attached hydrogen (secondary N) is 1. The smallest absolute Gasteiger partial charge is 0.212 e. The monoisotopic (exact) mass is 285 g/mol. The van der Waals surface area contributed by atoms with Gasteiger partial charge in [-0.1, -0.05) is 44.2 Å². The van der Waals surface area contributed by atoms with Gasteiger partial charge in [-0.25, -0.2) is 13.1 Å². The lowest BCUT2D eigenvalue weighted by atomic mass is 10.1. The van der Waals surface area contributed by atoms with Gasteiger partial charge in [0.25, 0.3) is 0 Å². The first-order valence-corrected chi connectivity index (χ1v) is 8.25. The van der Waals surface area contributed by atoms with Crippen LogP contribution in [0.25, 0.3) is 0 Å². The summed E-state index contributed by atoms with van der Waals surface area (Å²) in [5.41, 5.74) is 0.879. The fourth-order valence-corrected chi connectivity index (χ4v) is 3.36. The molecule has 1 aromatic rings. The number of rotatable bonds is 8. The molecule has 0 bridgehead atoms. The summed E-state index contributed by atoms with van der Waals surface area (Å²) < 4.78 is 26.7. The number of hydrogen-bond donors (Lipinski definition) is 2. The standard InChI is InChI=1S/C14H23NO3S/c1-12(2)9-11-19(17,18)15-14(8-10-16)13-6-4-3-5-7-13/h3-7,12,14-16H,8-11H2,1-2H3/t14-/m1/s1. The van der Waals surface area contributed by atoms with Gasteiger partial charge in [-0.05, 0) is 24.3 Å². The number of benzene rings is 1. The molecule has 0 spiro atoms. The van der Waals surface area contributed by atoms with Crippen molar-refractivity contribution in [3.8, 4) is 0 Å². The van der Waals surface area contributed by atoms with Crippen LogP contribution >= 0.6 is 0 Å². The molecular formula is C14H23NO3S. The molecule has 108 valence electrons. The number of hydrogen-bond acceptors (Lipinski definition) is 3. The third kappa shape index (κ3) is 6.18. The first kappa shape index (κ1) is 16.1. The van der Waals surface area contributed by atoms with Crippen molar-refractivity contribution < 1.29 is 13.5 Å². The maximum atomic E-state index is 12.0. The fraction of sp³-hybridized carbons (Fsp3) is 0.571. The third-order valence-electron chi connectivity index (χ3n) is 2.91. The average Bonchev–Trinajstić information content (AvgIpc) is 2.37. The van der Waals surface area contributed by atoms with Crippen molar-refractivity contribution in [1.29, 1.82) is 0 Å². The molecule has 19 heavy (non-hydrogen) atoms. The van der Waals surface area contributed by atoms with Crippen LogP contribution in [-0.4, -0.2) is 25.9 Å². The Morgan fingerprint density at radius 2 is 1.79 bits per heavy atom. The van der Waals surface area contributed by atoms with E-state index in [1.807, 2.05) is 44.2 Å². The summed E-state index contributed by atoms with van der Waals surface area (Å²) in [6, 6.07) is 8.98. The van der Waals surface area contributed by atoms with E-state index in [-0.39, 0.29) is 18.4 Å². The van der Waals surface area contributed by atoms with E-state index >= 15 is 0 Å². The van der Waals surface area contributed by atoms with Gasteiger partial charge in [-0.2, -0.15) is 0 Å². The summed E-state index contributed by atoms with van der Waals surface area (Å²) in [4.78, 5) is 0. The van der Waals surface area contributed by atoms with Crippen molar-refractivity contribution in [2.75, 3.05) is 12.4 Å². The Morgan fingerprint density at radius 1 is 1.16 bits per heavy atom. The highest BCUT2D eigenvalue weighted by Crippen LogP contribution is 2.17. The summed E-state index contributed by atoms with van der Waals surface area (Å²) in [5, 5.41) is 9.08. The molecule has 0 fully saturated rings. The van der Waals surface area contributed by atoms with Crippen LogP contribution in [0, 0.1) is 5.92 Å². The van der Waals surface area contributed by atoms with E-state index in [0.717, 1.165) is 5.56 Å². The lowest BCUT2D eigenvalue weighted by molar-refractivity contribution is 0.272. The van der Waals surface area contributed by atoms with Gasteiger partial charge in [0.1, 0.15) is 0 Å². The largest absolute Gasteiger partial charge is 0.396 e. The van der Waals surface area contributed by atoms with Gasteiger partial charge < -0.3 is 5.11 Å². The lowest BCUT2D eigenvalue weighted by Gasteiger charge is -2.18. The Hall–Kier alpha value is -0.910. The molecule has 1 rings (SSSR count). The molecule has 0 aromatic heterocycles. The van der Waals surface area contributed by atoms with Crippen molar-refractivity contribution in [2.24, 2.45) is 5.92 Å². The highest BCUT2D eigenvalue weighted by atomic mass is 32.2. The molecule has 5 heteroatoms. The van der Waals surface area contributed by atoms with Crippen molar-refractivity contribution >= 4 is 10.0 Å². The number of aliphatic hydroxyl groups is 1. The lowest BCUT2D eigenvalue weighted by Crippen LogP contribution is -2.31. The normalized spacial score (nSPS) is 13.7. The number of sulfonamides is 1. The molecule has 0 amide bonds. The van der Waals surface area contributed by atoms with E-state index in [2.05, 4.69) is 4.72 Å². The first-order chi connectivity index (χ1) is 8.94. The maximum Gasteiger partial charge on any atom is 0.212 e. The molecule has 0 radical (unpaired) electrons. The maximum absolute atomic E-state index is 12.0. The van der Waals surface area contributed by atoms with Gasteiger partial charge in [0.2, 0.25) is 10.0 Å². The summed E-state index contributed by atoms with van der Waals surface area (Å²) in [7, 11) is -3.31. The molecule has 0 heterocycles. The van der Waals surface area contributed by atoms with Crippen LogP contribution in [0.3, 0.4) is 0 Å². The Morgan fingerprint density at radius 3 is 2.32 bits per heavy atom. The van der Waals surface area contributed by atoms with Crippen LogP contribution in [0.4, 0.5) is 0 Å². The highest BCUT2D eigenvalue weighted by Gasteiger charge is 2.19. The predicted molar refractivity (Wildman–Crippen MR) is 77.3 cm³/mol. The van der Waals surface area contributed by atoms with E-state index in [4.69, 9.17) is 5.11 Å². The second-order valence-corrected chi connectivity index (χ2v) is 6.97. The van der Waals surface area contributed by atoms with E-state index in [1.165, 1.54) is 0 Å². The quantitative estimate of drug-likeness (QED) is 0.768. The molecular weight excluding hydrogens is 262 g/mol. The zero-order valence-corrected chi connectivity index (χ0v) is 12.4. The molecule has 0 unspecified atom stereocenters. The zero-order chi connectivity index (χ0) is 14.3. The molecule has 0 saturated heterocycles. The molecule has 2 N–H and O–H groups in total. The van der Waals surface area contributed by atoms with Gasteiger partial charge in [0.05, 0.1) is 5.75 Å². The van der Waals surface area contributed by atoms with Gasteiger partial charge in [0, 0.05) is 12.6 Å². The summed E-state index contributed by atoms with van der Waals surface area (Å²) in [6.07, 6.45) is 1.01. The second-order valence-electron chi connectivity index (χ2n) is 5.09. The summed E-state index contributed by atoms with van der Waals surface area (Å²) >= 11 is 0. The fourth-order valence-electron chi connectivity index (χ4n) is 1.77. The molecule has 4 nitrogen and oxygen atoms in total. The Kier molecular flexibility index (Phi) is 6.48. The van der Waals surface area contributed by atoms with Gasteiger partial charge in [-0.3, -0.25) is 0 Å². The second kappa shape index (κ2) is 7.62. The Labute approximate surface area is 115 Å². The highest BCUT2D eigenvalue weighted by molar-refractivity contribution is 7.89. The SMILES string of the molecule is CC(C)CCS(=O)(=O)N[C@H](CCO)c1ccccc1. The molecule has 1 aromatic carbocycles. The van der Waals surface area contributed by atoms with Crippen molar-refractivity contribution in [1.82, 2.24) is 4.72 Å². The van der Waals surface area contributed by atoms with Crippen LogP contribution in [0.15, 0.2) is 30.3 Å². The van der Waals surface area contributed by atoms with Crippen molar-refractivity contribution in [2.45, 2.75) is 32.7 Å². The molecule has 0 saturated carbocycles. The Balaban J connectivity index is 2.73. The van der Waals surface area contributed by atoms with Gasteiger partial charge in [0.15, 0.2) is 0 Å². The minimum atomic E-state index is -3.31. The molecule has 0 aliphatic carbocycles. The number of aliphatic hydroxyl groups excluding tert-OH is 1. The zero-order valence-electron chi connectivity index (χ0n) is 11.5. The summed E-state index contributed by atoms with van der Waals surface area (Å²) in [6.45, 7) is 3.95. The van der Waals surface area contributed by atoms with E-state index < -0.39 is 10.0 Å². The van der Waals surface area contributed by atoms with Crippen LogP contribution in [0.1, 0.15) is 38.3 Å². The van der Waals surface area contributed by atoms with Crippen LogP contribution in [0.2, 0.25) is 0 Å². The van der Waals surface area contributed by atoms with Crippen LogP contribution in [0.5, 0.6) is 0 Å². The van der Waals surface area contributed by atoms with Crippen LogP contribution < -0.4 is 4.72 Å². The third-order valence-corrected chi connectivity index (χ3v) is 4.32. The molecule has 0 aliphatic heterocycles. The van der Waals surface area contributed by atoms with E-state index in [0.29, 0.717) is 18.8 Å². The van der Waals surface area contributed by atoms with Gasteiger partial charge in [-0.15, -0.1) is 0 Å². The van der Waals surface area contributed by atoms with E-state index in [1.54, 1.807) is 0 Å². The Bertz CT molecular complexity index is 457. The van der Waals surface area contributed by atoms with Crippen molar-refractivity contribution in [3.05, 3.63) is 35.9 Å². The van der Waals surface area contributed by atoms with Gasteiger partial charge >= 0.3 is 0 Å². The summed E-state index contributed by atoms with van der Waals surface area (Å²) in [5.74, 6) is 0.476. The van der Waals surface area contributed by atoms with Crippen LogP contribution in [-0.2, 0) is 10.0 Å². The minimum Gasteiger partial charge on any atom is -0.396 e. The topological polar surface area (TPSA) is 66.4 Å².